The van der Waals surface area contributed by atoms with Crippen LogP contribution in [-0.4, -0.2) is 11.2 Å². The summed E-state index contributed by atoms with van der Waals surface area (Å²) in [5.41, 5.74) is 6.84. The van der Waals surface area contributed by atoms with Crippen LogP contribution in [0.5, 0.6) is 0 Å². The Morgan fingerprint density at radius 3 is 2.29 bits per heavy atom. The Hall–Kier alpha value is 0.160. The van der Waals surface area contributed by atoms with Gasteiger partial charge < -0.3 is 10.8 Å². The lowest BCUT2D eigenvalue weighted by atomic mass is 10.0. The van der Waals surface area contributed by atoms with Gasteiger partial charge in [0.15, 0.2) is 0 Å². The molecular formula is C10H15ClINO. The third-order valence-electron chi connectivity index (χ3n) is 2.09. The first-order valence-electron chi connectivity index (χ1n) is 4.34. The van der Waals surface area contributed by atoms with E-state index in [1.54, 1.807) is 0 Å². The van der Waals surface area contributed by atoms with Crippen LogP contribution in [0.25, 0.3) is 0 Å². The second-order valence-electron chi connectivity index (χ2n) is 3.05. The van der Waals surface area contributed by atoms with Crippen LogP contribution in [0.1, 0.15) is 24.9 Å². The van der Waals surface area contributed by atoms with Crippen molar-refractivity contribution in [3.05, 3.63) is 33.4 Å². The molecule has 1 aromatic carbocycles. The molecule has 0 radical (unpaired) electrons. The molecule has 14 heavy (non-hydrogen) atoms. The van der Waals surface area contributed by atoms with Crippen molar-refractivity contribution in [2.75, 3.05) is 0 Å². The second kappa shape index (κ2) is 6.61. The van der Waals surface area contributed by atoms with Gasteiger partial charge in [0.1, 0.15) is 0 Å². The van der Waals surface area contributed by atoms with E-state index < -0.39 is 6.10 Å². The van der Waals surface area contributed by atoms with Crippen LogP contribution >= 0.6 is 35.0 Å². The van der Waals surface area contributed by atoms with Gasteiger partial charge in [-0.3, -0.25) is 0 Å². The van der Waals surface area contributed by atoms with E-state index in [4.69, 9.17) is 5.73 Å². The van der Waals surface area contributed by atoms with Gasteiger partial charge in [-0.1, -0.05) is 19.1 Å². The van der Waals surface area contributed by atoms with Crippen LogP contribution < -0.4 is 5.73 Å². The van der Waals surface area contributed by atoms with Crippen molar-refractivity contribution < 1.29 is 5.11 Å². The van der Waals surface area contributed by atoms with E-state index in [2.05, 4.69) is 22.6 Å². The monoisotopic (exact) mass is 327 g/mol. The SMILES string of the molecule is CC[C@H](O)[C@H](N)c1ccc(I)cc1.Cl. The highest BCUT2D eigenvalue weighted by Gasteiger charge is 2.13. The van der Waals surface area contributed by atoms with E-state index in [1.807, 2.05) is 31.2 Å². The summed E-state index contributed by atoms with van der Waals surface area (Å²) >= 11 is 2.24. The quantitative estimate of drug-likeness (QED) is 0.838. The average molecular weight is 328 g/mol. The first-order valence-corrected chi connectivity index (χ1v) is 5.42. The van der Waals surface area contributed by atoms with Crippen LogP contribution in [0.2, 0.25) is 0 Å². The van der Waals surface area contributed by atoms with E-state index in [-0.39, 0.29) is 18.4 Å². The van der Waals surface area contributed by atoms with Crippen molar-refractivity contribution in [1.82, 2.24) is 0 Å². The molecule has 80 valence electrons. The number of halogens is 2. The molecule has 0 spiro atoms. The number of hydrogen-bond acceptors (Lipinski definition) is 2. The molecule has 0 heterocycles. The van der Waals surface area contributed by atoms with Crippen LogP contribution in [0.15, 0.2) is 24.3 Å². The summed E-state index contributed by atoms with van der Waals surface area (Å²) in [7, 11) is 0. The zero-order valence-corrected chi connectivity index (χ0v) is 11.0. The Morgan fingerprint density at radius 2 is 1.86 bits per heavy atom. The van der Waals surface area contributed by atoms with Gasteiger partial charge in [0, 0.05) is 3.57 Å². The van der Waals surface area contributed by atoms with E-state index in [0.717, 1.165) is 5.56 Å². The molecule has 4 heteroatoms. The van der Waals surface area contributed by atoms with Gasteiger partial charge in [0.25, 0.3) is 0 Å². The lowest BCUT2D eigenvalue weighted by Crippen LogP contribution is -2.25. The number of nitrogens with two attached hydrogens (primary N) is 1. The van der Waals surface area contributed by atoms with Gasteiger partial charge in [0.05, 0.1) is 12.1 Å². The fourth-order valence-electron chi connectivity index (χ4n) is 1.16. The number of aliphatic hydroxyl groups excluding tert-OH is 1. The lowest BCUT2D eigenvalue weighted by molar-refractivity contribution is 0.140. The molecule has 0 saturated carbocycles. The largest absolute Gasteiger partial charge is 0.391 e. The minimum atomic E-state index is -0.444. The highest BCUT2D eigenvalue weighted by atomic mass is 127. The van der Waals surface area contributed by atoms with E-state index in [1.165, 1.54) is 3.57 Å². The van der Waals surface area contributed by atoms with Gasteiger partial charge in [-0.05, 0) is 46.7 Å². The molecule has 0 fully saturated rings. The zero-order chi connectivity index (χ0) is 9.84. The summed E-state index contributed by atoms with van der Waals surface area (Å²) in [6.07, 6.45) is 0.243. The molecular weight excluding hydrogens is 312 g/mol. The molecule has 0 aromatic heterocycles. The van der Waals surface area contributed by atoms with Crippen molar-refractivity contribution in [3.63, 3.8) is 0 Å². The van der Waals surface area contributed by atoms with Gasteiger partial charge in [0.2, 0.25) is 0 Å². The third kappa shape index (κ3) is 3.73. The van der Waals surface area contributed by atoms with Gasteiger partial charge >= 0.3 is 0 Å². The minimum Gasteiger partial charge on any atom is -0.391 e. The fraction of sp³-hybridized carbons (Fsp3) is 0.400. The molecule has 0 amide bonds. The van der Waals surface area contributed by atoms with Gasteiger partial charge in [-0.15, -0.1) is 12.4 Å². The smallest absolute Gasteiger partial charge is 0.0730 e. The van der Waals surface area contributed by atoms with Gasteiger partial charge in [-0.2, -0.15) is 0 Å². The third-order valence-corrected chi connectivity index (χ3v) is 2.81. The van der Waals surface area contributed by atoms with Crippen LogP contribution in [0.3, 0.4) is 0 Å². The van der Waals surface area contributed by atoms with Crippen LogP contribution in [0, 0.1) is 3.57 Å². The van der Waals surface area contributed by atoms with Crippen LogP contribution in [0.4, 0.5) is 0 Å². The standard InChI is InChI=1S/C10H14INO.ClH/c1-2-9(13)10(12)7-3-5-8(11)6-4-7;/h3-6,9-10,13H,2,12H2,1H3;1H/t9-,10+;/m0./s1. The molecule has 2 nitrogen and oxygen atoms in total. The number of benzene rings is 1. The molecule has 0 saturated heterocycles. The first kappa shape index (κ1) is 14.2. The summed E-state index contributed by atoms with van der Waals surface area (Å²) in [6, 6.07) is 7.66. The Morgan fingerprint density at radius 1 is 1.36 bits per heavy atom. The summed E-state index contributed by atoms with van der Waals surface area (Å²) < 4.78 is 1.18. The van der Waals surface area contributed by atoms with Crippen molar-refractivity contribution in [2.24, 2.45) is 5.73 Å². The molecule has 3 N–H and O–H groups in total. The maximum Gasteiger partial charge on any atom is 0.0730 e. The lowest BCUT2D eigenvalue weighted by Gasteiger charge is -2.17. The Balaban J connectivity index is 0.00000169. The molecule has 0 aliphatic carbocycles. The first-order chi connectivity index (χ1) is 6.15. The Labute approximate surface area is 104 Å². The van der Waals surface area contributed by atoms with E-state index in [9.17, 15) is 5.11 Å². The van der Waals surface area contributed by atoms with Crippen molar-refractivity contribution in [2.45, 2.75) is 25.5 Å². The Kier molecular flexibility index (Phi) is 6.68. The zero-order valence-electron chi connectivity index (χ0n) is 7.98. The minimum absolute atomic E-state index is 0. The summed E-state index contributed by atoms with van der Waals surface area (Å²) in [5.74, 6) is 0. The normalized spacial score (nSPS) is 14.3. The number of hydrogen-bond donors (Lipinski definition) is 2. The van der Waals surface area contributed by atoms with E-state index in [0.29, 0.717) is 6.42 Å². The molecule has 1 aromatic rings. The van der Waals surface area contributed by atoms with Crippen molar-refractivity contribution in [1.29, 1.82) is 0 Å². The van der Waals surface area contributed by atoms with Crippen LogP contribution in [-0.2, 0) is 0 Å². The molecule has 0 aliphatic rings. The average Bonchev–Trinajstić information content (AvgIpc) is 2.17. The summed E-state index contributed by atoms with van der Waals surface area (Å²) in [6.45, 7) is 1.93. The Bertz CT molecular complexity index is 265. The highest BCUT2D eigenvalue weighted by molar-refractivity contribution is 14.1. The number of rotatable bonds is 3. The predicted molar refractivity (Wildman–Crippen MR) is 69.6 cm³/mol. The fourth-order valence-corrected chi connectivity index (χ4v) is 1.52. The maximum absolute atomic E-state index is 9.52. The summed E-state index contributed by atoms with van der Waals surface area (Å²) in [4.78, 5) is 0. The van der Waals surface area contributed by atoms with E-state index >= 15 is 0 Å². The maximum atomic E-state index is 9.52. The molecule has 0 unspecified atom stereocenters. The molecule has 2 atom stereocenters. The number of aliphatic hydroxyl groups is 1. The summed E-state index contributed by atoms with van der Waals surface area (Å²) in [5, 5.41) is 9.52. The second-order valence-corrected chi connectivity index (χ2v) is 4.30. The topological polar surface area (TPSA) is 46.2 Å². The van der Waals surface area contributed by atoms with Gasteiger partial charge in [-0.25, -0.2) is 0 Å². The highest BCUT2D eigenvalue weighted by Crippen LogP contribution is 2.17. The predicted octanol–water partition coefficient (Wildman–Crippen LogP) is 2.48. The van der Waals surface area contributed by atoms with Crippen molar-refractivity contribution >= 4 is 35.0 Å². The molecule has 0 aliphatic heterocycles. The van der Waals surface area contributed by atoms with Crippen molar-refractivity contribution in [3.8, 4) is 0 Å². The molecule has 0 bridgehead atoms. The molecule has 1 rings (SSSR count).